The van der Waals surface area contributed by atoms with Gasteiger partial charge in [0.25, 0.3) is 10.0 Å². The molecular weight excluding hydrogens is 310 g/mol. The molecule has 1 aromatic heterocycles. The SMILES string of the molecule is CC1CNCCN1S(=O)(=O)c1cc(C(N)=O)cs1.Cl. The van der Waals surface area contributed by atoms with Crippen LogP contribution >= 0.6 is 23.7 Å². The van der Waals surface area contributed by atoms with Gasteiger partial charge in [-0.25, -0.2) is 8.42 Å². The maximum Gasteiger partial charge on any atom is 0.252 e. The second kappa shape index (κ2) is 6.19. The number of rotatable bonds is 3. The number of nitrogens with one attached hydrogen (secondary N) is 1. The van der Waals surface area contributed by atoms with E-state index in [2.05, 4.69) is 5.32 Å². The lowest BCUT2D eigenvalue weighted by atomic mass is 10.3. The number of thiophene rings is 1. The highest BCUT2D eigenvalue weighted by Crippen LogP contribution is 2.25. The standard InChI is InChI=1S/C10H15N3O3S2.ClH/c1-7-5-12-2-3-13(7)18(15,16)9-4-8(6-17-9)10(11)14;/h4,6-7,12H,2-3,5H2,1H3,(H2,11,14);1H. The number of sulfonamides is 1. The minimum absolute atomic E-state index is 0. The molecule has 108 valence electrons. The number of nitrogens with zero attached hydrogens (tertiary/aromatic N) is 1. The lowest BCUT2D eigenvalue weighted by Crippen LogP contribution is -2.51. The van der Waals surface area contributed by atoms with Crippen LogP contribution in [0.1, 0.15) is 17.3 Å². The molecule has 1 unspecified atom stereocenters. The summed E-state index contributed by atoms with van der Waals surface area (Å²) >= 11 is 1.03. The molecule has 1 amide bonds. The van der Waals surface area contributed by atoms with Gasteiger partial charge in [0.1, 0.15) is 4.21 Å². The number of primary amides is 1. The fourth-order valence-electron chi connectivity index (χ4n) is 1.88. The van der Waals surface area contributed by atoms with Gasteiger partial charge in [0.05, 0.1) is 5.56 Å². The van der Waals surface area contributed by atoms with Gasteiger partial charge in [0, 0.05) is 31.1 Å². The largest absolute Gasteiger partial charge is 0.366 e. The normalized spacial score (nSPS) is 20.8. The first-order valence-electron chi connectivity index (χ1n) is 5.54. The van der Waals surface area contributed by atoms with E-state index >= 15 is 0 Å². The Kier molecular flexibility index (Phi) is 5.34. The van der Waals surface area contributed by atoms with Crippen LogP contribution in [0.2, 0.25) is 0 Å². The molecule has 19 heavy (non-hydrogen) atoms. The van der Waals surface area contributed by atoms with Gasteiger partial charge in [0.2, 0.25) is 5.91 Å². The summed E-state index contributed by atoms with van der Waals surface area (Å²) in [6, 6.07) is 1.25. The first-order chi connectivity index (χ1) is 8.43. The van der Waals surface area contributed by atoms with Crippen molar-refractivity contribution in [1.29, 1.82) is 0 Å². The molecule has 6 nitrogen and oxygen atoms in total. The van der Waals surface area contributed by atoms with E-state index in [4.69, 9.17) is 5.73 Å². The number of hydrogen-bond acceptors (Lipinski definition) is 5. The molecule has 0 saturated carbocycles. The van der Waals surface area contributed by atoms with Crippen LogP contribution < -0.4 is 11.1 Å². The van der Waals surface area contributed by atoms with Crippen LogP contribution in [-0.2, 0) is 10.0 Å². The van der Waals surface area contributed by atoms with Crippen molar-refractivity contribution in [2.45, 2.75) is 17.2 Å². The summed E-state index contributed by atoms with van der Waals surface area (Å²) in [5, 5.41) is 4.61. The number of carbonyl (C=O) groups is 1. The zero-order chi connectivity index (χ0) is 13.3. The quantitative estimate of drug-likeness (QED) is 0.833. The van der Waals surface area contributed by atoms with Crippen LogP contribution in [0, 0.1) is 0 Å². The molecule has 1 saturated heterocycles. The molecule has 3 N–H and O–H groups in total. The van der Waals surface area contributed by atoms with E-state index in [1.54, 1.807) is 0 Å². The predicted octanol–water partition coefficient (Wildman–Crippen LogP) is 0.251. The third-order valence-electron chi connectivity index (χ3n) is 2.86. The molecule has 0 radical (unpaired) electrons. The van der Waals surface area contributed by atoms with Crippen molar-refractivity contribution in [2.75, 3.05) is 19.6 Å². The second-order valence-corrected chi connectivity index (χ2v) is 7.22. The average Bonchev–Trinajstić information content (AvgIpc) is 2.79. The second-order valence-electron chi connectivity index (χ2n) is 4.19. The number of carbonyl (C=O) groups excluding carboxylic acids is 1. The van der Waals surface area contributed by atoms with Crippen molar-refractivity contribution in [1.82, 2.24) is 9.62 Å². The van der Waals surface area contributed by atoms with Crippen molar-refractivity contribution in [2.24, 2.45) is 5.73 Å². The Labute approximate surface area is 122 Å². The molecule has 2 heterocycles. The summed E-state index contributed by atoms with van der Waals surface area (Å²) in [7, 11) is -3.52. The summed E-state index contributed by atoms with van der Waals surface area (Å²) in [6.45, 7) is 3.56. The van der Waals surface area contributed by atoms with Crippen LogP contribution in [0.15, 0.2) is 15.7 Å². The van der Waals surface area contributed by atoms with Gasteiger partial charge in [0.15, 0.2) is 0 Å². The lowest BCUT2D eigenvalue weighted by molar-refractivity contribution is 0.100. The van der Waals surface area contributed by atoms with Crippen molar-refractivity contribution in [3.8, 4) is 0 Å². The third kappa shape index (κ3) is 3.26. The molecule has 1 aliphatic rings. The molecule has 0 aliphatic carbocycles. The number of halogens is 1. The first-order valence-corrected chi connectivity index (χ1v) is 7.86. The van der Waals surface area contributed by atoms with Crippen LogP contribution in [0.25, 0.3) is 0 Å². The van der Waals surface area contributed by atoms with E-state index in [-0.39, 0.29) is 28.2 Å². The van der Waals surface area contributed by atoms with Crippen molar-refractivity contribution < 1.29 is 13.2 Å². The summed E-state index contributed by atoms with van der Waals surface area (Å²) < 4.78 is 26.4. The molecule has 9 heteroatoms. The molecule has 0 bridgehead atoms. The van der Waals surface area contributed by atoms with Gasteiger partial charge in [-0.05, 0) is 13.0 Å². The van der Waals surface area contributed by atoms with E-state index in [1.807, 2.05) is 6.92 Å². The van der Waals surface area contributed by atoms with Crippen LogP contribution in [0.4, 0.5) is 0 Å². The van der Waals surface area contributed by atoms with E-state index in [0.29, 0.717) is 19.6 Å². The predicted molar refractivity (Wildman–Crippen MR) is 76.3 cm³/mol. The number of hydrogen-bond donors (Lipinski definition) is 2. The van der Waals surface area contributed by atoms with Gasteiger partial charge in [-0.1, -0.05) is 0 Å². The summed E-state index contributed by atoms with van der Waals surface area (Å²) in [5.41, 5.74) is 5.36. The Hall–Kier alpha value is -0.670. The van der Waals surface area contributed by atoms with Crippen molar-refractivity contribution in [3.63, 3.8) is 0 Å². The zero-order valence-electron chi connectivity index (χ0n) is 10.3. The highest BCUT2D eigenvalue weighted by molar-refractivity contribution is 7.91. The maximum absolute atomic E-state index is 12.4. The Morgan fingerprint density at radius 2 is 2.26 bits per heavy atom. The molecule has 1 atom stereocenters. The summed E-state index contributed by atoms with van der Waals surface area (Å²) in [6.07, 6.45) is 0. The van der Waals surface area contributed by atoms with E-state index in [0.717, 1.165) is 11.3 Å². The number of piperazine rings is 1. The third-order valence-corrected chi connectivity index (χ3v) is 6.29. The Bertz CT molecular complexity index is 558. The van der Waals surface area contributed by atoms with Gasteiger partial charge in [-0.15, -0.1) is 23.7 Å². The first kappa shape index (κ1) is 16.4. The maximum atomic E-state index is 12.4. The van der Waals surface area contributed by atoms with Crippen LogP contribution in [-0.4, -0.2) is 44.3 Å². The fourth-order valence-corrected chi connectivity index (χ4v) is 4.80. The van der Waals surface area contributed by atoms with E-state index in [9.17, 15) is 13.2 Å². The summed E-state index contributed by atoms with van der Waals surface area (Å²) in [5.74, 6) is -0.610. The highest BCUT2D eigenvalue weighted by atomic mass is 35.5. The minimum atomic E-state index is -3.52. The van der Waals surface area contributed by atoms with E-state index < -0.39 is 15.9 Å². The van der Waals surface area contributed by atoms with Crippen LogP contribution in [0.3, 0.4) is 0 Å². The summed E-state index contributed by atoms with van der Waals surface area (Å²) in [4.78, 5) is 11.0. The van der Waals surface area contributed by atoms with Crippen LogP contribution in [0.5, 0.6) is 0 Å². The molecule has 2 rings (SSSR count). The lowest BCUT2D eigenvalue weighted by Gasteiger charge is -2.32. The molecule has 0 aromatic carbocycles. The van der Waals surface area contributed by atoms with Gasteiger partial charge < -0.3 is 11.1 Å². The number of amides is 1. The average molecular weight is 326 g/mol. The highest BCUT2D eigenvalue weighted by Gasteiger charge is 2.32. The van der Waals surface area contributed by atoms with Gasteiger partial charge in [-0.2, -0.15) is 4.31 Å². The monoisotopic (exact) mass is 325 g/mol. The Morgan fingerprint density at radius 3 is 2.79 bits per heavy atom. The Morgan fingerprint density at radius 1 is 1.58 bits per heavy atom. The molecule has 1 fully saturated rings. The molecular formula is C10H16ClN3O3S2. The topological polar surface area (TPSA) is 92.5 Å². The Balaban J connectivity index is 0.00000180. The fraction of sp³-hybridized carbons (Fsp3) is 0.500. The molecule has 1 aliphatic heterocycles. The van der Waals surface area contributed by atoms with Crippen molar-refractivity contribution >= 4 is 39.7 Å². The van der Waals surface area contributed by atoms with Gasteiger partial charge >= 0.3 is 0 Å². The smallest absolute Gasteiger partial charge is 0.252 e. The van der Waals surface area contributed by atoms with Gasteiger partial charge in [-0.3, -0.25) is 4.79 Å². The number of nitrogens with two attached hydrogens (primary N) is 1. The van der Waals surface area contributed by atoms with Crippen molar-refractivity contribution in [3.05, 3.63) is 17.0 Å². The molecule has 0 spiro atoms. The molecule has 1 aromatic rings. The minimum Gasteiger partial charge on any atom is -0.366 e. The zero-order valence-corrected chi connectivity index (χ0v) is 12.8. The van der Waals surface area contributed by atoms with E-state index in [1.165, 1.54) is 15.8 Å².